The number of H-pyrrole nitrogens is 1. The van der Waals surface area contributed by atoms with E-state index in [1.807, 2.05) is 0 Å². The third-order valence-corrected chi connectivity index (χ3v) is 5.09. The molecule has 1 saturated carbocycles. The van der Waals surface area contributed by atoms with Gasteiger partial charge in [-0.05, 0) is 38.7 Å². The molecular formula is C19H18F6N2O. The fourth-order valence-corrected chi connectivity index (χ4v) is 3.69. The molecular weight excluding hydrogens is 386 g/mol. The van der Waals surface area contributed by atoms with Crippen molar-refractivity contribution in [2.24, 2.45) is 5.92 Å². The monoisotopic (exact) mass is 404 g/mol. The molecule has 3 nitrogen and oxygen atoms in total. The summed E-state index contributed by atoms with van der Waals surface area (Å²) in [6.07, 6.45) is -8.05. The van der Waals surface area contributed by atoms with Crippen molar-refractivity contribution < 1.29 is 26.3 Å². The molecule has 0 atom stereocenters. The molecule has 0 unspecified atom stereocenters. The summed E-state index contributed by atoms with van der Waals surface area (Å²) >= 11 is 0. The topological polar surface area (TPSA) is 45.8 Å². The van der Waals surface area contributed by atoms with E-state index in [1.165, 1.54) is 12.1 Å². The molecule has 0 saturated heterocycles. The number of hydrogen-bond acceptors (Lipinski definition) is 2. The second-order valence-corrected chi connectivity index (χ2v) is 7.16. The second-order valence-electron chi connectivity index (χ2n) is 7.16. The van der Waals surface area contributed by atoms with E-state index in [1.54, 1.807) is 6.92 Å². The van der Waals surface area contributed by atoms with Gasteiger partial charge in [0.05, 0.1) is 22.9 Å². The summed E-state index contributed by atoms with van der Waals surface area (Å²) in [5.41, 5.74) is -0.322. The molecule has 0 amide bonds. The van der Waals surface area contributed by atoms with Gasteiger partial charge in [0.1, 0.15) is 0 Å². The largest absolute Gasteiger partial charge is 0.417 e. The van der Waals surface area contributed by atoms with Crippen molar-refractivity contribution in [2.45, 2.75) is 50.9 Å². The second kappa shape index (κ2) is 7.25. The van der Waals surface area contributed by atoms with Gasteiger partial charge in [0.25, 0.3) is 0 Å². The Morgan fingerprint density at radius 1 is 1.00 bits per heavy atom. The van der Waals surface area contributed by atoms with E-state index >= 15 is 0 Å². The maximum atomic E-state index is 13.2. The minimum Gasteiger partial charge on any atom is -0.358 e. The number of nitrogens with zero attached hydrogens (tertiary/aromatic N) is 1. The number of rotatable bonds is 2. The molecule has 3 rings (SSSR count). The van der Waals surface area contributed by atoms with E-state index in [4.69, 9.17) is 0 Å². The lowest BCUT2D eigenvalue weighted by molar-refractivity contribution is -0.182. The highest BCUT2D eigenvalue weighted by Gasteiger charge is 2.42. The zero-order valence-corrected chi connectivity index (χ0v) is 14.9. The summed E-state index contributed by atoms with van der Waals surface area (Å²) in [5.74, 6) is -1.81. The number of alkyl halides is 6. The Morgan fingerprint density at radius 3 is 2.18 bits per heavy atom. The van der Waals surface area contributed by atoms with Crippen LogP contribution in [0.1, 0.15) is 48.6 Å². The van der Waals surface area contributed by atoms with Crippen LogP contribution in [0.4, 0.5) is 26.3 Å². The van der Waals surface area contributed by atoms with Crippen LogP contribution in [0.3, 0.4) is 0 Å². The maximum absolute atomic E-state index is 13.2. The average Bonchev–Trinajstić information content (AvgIpc) is 2.59. The molecule has 2 aromatic rings. The minimum absolute atomic E-state index is 0.0966. The summed E-state index contributed by atoms with van der Waals surface area (Å²) in [6, 6.07) is 3.39. The summed E-state index contributed by atoms with van der Waals surface area (Å²) < 4.78 is 78.2. The molecule has 0 aromatic carbocycles. The molecule has 1 N–H and O–H groups in total. The van der Waals surface area contributed by atoms with E-state index in [-0.39, 0.29) is 48.1 Å². The number of halogens is 6. The van der Waals surface area contributed by atoms with Gasteiger partial charge in [-0.3, -0.25) is 9.78 Å². The summed E-state index contributed by atoms with van der Waals surface area (Å²) in [5, 5.41) is 0. The minimum atomic E-state index is -4.63. The number of aromatic nitrogens is 2. The number of pyridine rings is 2. The first-order chi connectivity index (χ1) is 12.9. The predicted octanol–water partition coefficient (Wildman–Crippen LogP) is 5.60. The molecule has 0 aliphatic heterocycles. The molecule has 2 aromatic heterocycles. The standard InChI is InChI=1S/C19H18F6N2O/c1-10-6-14(28)8-16(27-10)15-7-13(19(23,24)25)9-26-17(15)11-2-4-12(5-3-11)18(20,21)22/h6-9,11-12H,2-5H2,1H3,(H,27,28). The first kappa shape index (κ1) is 20.4. The van der Waals surface area contributed by atoms with Crippen LogP contribution in [0, 0.1) is 12.8 Å². The van der Waals surface area contributed by atoms with Crippen LogP contribution < -0.4 is 5.43 Å². The van der Waals surface area contributed by atoms with E-state index in [2.05, 4.69) is 9.97 Å². The van der Waals surface area contributed by atoms with Gasteiger partial charge >= 0.3 is 12.4 Å². The van der Waals surface area contributed by atoms with Crippen molar-refractivity contribution in [3.05, 3.63) is 51.6 Å². The predicted molar refractivity (Wildman–Crippen MR) is 90.8 cm³/mol. The Balaban J connectivity index is 2.03. The Hall–Kier alpha value is -2.32. The lowest BCUT2D eigenvalue weighted by Crippen LogP contribution is -2.27. The van der Waals surface area contributed by atoms with E-state index in [9.17, 15) is 31.1 Å². The smallest absolute Gasteiger partial charge is 0.358 e. The van der Waals surface area contributed by atoms with Crippen molar-refractivity contribution in [1.29, 1.82) is 0 Å². The molecule has 0 bridgehead atoms. The fourth-order valence-electron chi connectivity index (χ4n) is 3.69. The van der Waals surface area contributed by atoms with Crippen LogP contribution in [0.15, 0.2) is 29.2 Å². The van der Waals surface area contributed by atoms with Crippen molar-refractivity contribution in [1.82, 2.24) is 9.97 Å². The normalized spacial score (nSPS) is 21.0. The molecule has 28 heavy (non-hydrogen) atoms. The van der Waals surface area contributed by atoms with E-state index in [0.717, 1.165) is 6.07 Å². The van der Waals surface area contributed by atoms with Crippen molar-refractivity contribution in [3.63, 3.8) is 0 Å². The Kier molecular flexibility index (Phi) is 5.29. The van der Waals surface area contributed by atoms with Gasteiger partial charge in [0.2, 0.25) is 0 Å². The molecule has 1 aliphatic carbocycles. The Bertz CT molecular complexity index is 908. The van der Waals surface area contributed by atoms with Crippen molar-refractivity contribution in [3.8, 4) is 11.3 Å². The van der Waals surface area contributed by atoms with Crippen molar-refractivity contribution in [2.75, 3.05) is 0 Å². The first-order valence-electron chi connectivity index (χ1n) is 8.80. The lowest BCUT2D eigenvalue weighted by Gasteiger charge is -2.30. The van der Waals surface area contributed by atoms with Crippen LogP contribution in [0.25, 0.3) is 11.3 Å². The highest BCUT2D eigenvalue weighted by molar-refractivity contribution is 5.64. The fraction of sp³-hybridized carbons (Fsp3) is 0.474. The van der Waals surface area contributed by atoms with Crippen LogP contribution in [0.5, 0.6) is 0 Å². The van der Waals surface area contributed by atoms with Gasteiger partial charge in [-0.1, -0.05) is 0 Å². The first-order valence-corrected chi connectivity index (χ1v) is 8.80. The zero-order valence-electron chi connectivity index (χ0n) is 14.9. The van der Waals surface area contributed by atoms with Gasteiger partial charge in [-0.2, -0.15) is 26.3 Å². The lowest BCUT2D eigenvalue weighted by atomic mass is 9.78. The molecule has 0 radical (unpaired) electrons. The van der Waals surface area contributed by atoms with Crippen LogP contribution in [-0.4, -0.2) is 16.1 Å². The van der Waals surface area contributed by atoms with Gasteiger partial charge in [0, 0.05) is 35.5 Å². The Labute approximate surface area is 156 Å². The molecule has 152 valence electrons. The van der Waals surface area contributed by atoms with Gasteiger partial charge in [0.15, 0.2) is 5.43 Å². The molecule has 0 spiro atoms. The van der Waals surface area contributed by atoms with Crippen LogP contribution >= 0.6 is 0 Å². The van der Waals surface area contributed by atoms with Crippen LogP contribution in [0.2, 0.25) is 0 Å². The quantitative estimate of drug-likeness (QED) is 0.663. The van der Waals surface area contributed by atoms with Gasteiger partial charge in [-0.25, -0.2) is 0 Å². The van der Waals surface area contributed by atoms with E-state index in [0.29, 0.717) is 11.9 Å². The average molecular weight is 404 g/mol. The molecule has 9 heteroatoms. The SMILES string of the molecule is Cc1cc(=O)cc(-c2cc(C(F)(F)F)cnc2C2CCC(C(F)(F)F)CC2)[nH]1. The number of nitrogens with one attached hydrogen (secondary N) is 1. The zero-order chi connectivity index (χ0) is 20.7. The Morgan fingerprint density at radius 2 is 1.64 bits per heavy atom. The highest BCUT2D eigenvalue weighted by atomic mass is 19.4. The highest BCUT2D eigenvalue weighted by Crippen LogP contribution is 2.44. The van der Waals surface area contributed by atoms with Crippen molar-refractivity contribution >= 4 is 0 Å². The summed E-state index contributed by atoms with van der Waals surface area (Å²) in [4.78, 5) is 18.7. The summed E-state index contributed by atoms with van der Waals surface area (Å²) in [7, 11) is 0. The van der Waals surface area contributed by atoms with Crippen LogP contribution in [-0.2, 0) is 6.18 Å². The number of aryl methyl sites for hydroxylation is 1. The third-order valence-electron chi connectivity index (χ3n) is 5.09. The molecule has 2 heterocycles. The number of aromatic amines is 1. The van der Waals surface area contributed by atoms with Gasteiger partial charge < -0.3 is 4.98 Å². The van der Waals surface area contributed by atoms with Gasteiger partial charge in [-0.15, -0.1) is 0 Å². The number of hydrogen-bond donors (Lipinski definition) is 1. The molecule has 1 aliphatic rings. The molecule has 1 fully saturated rings. The summed E-state index contributed by atoms with van der Waals surface area (Å²) in [6.45, 7) is 1.60. The van der Waals surface area contributed by atoms with E-state index < -0.39 is 29.8 Å². The maximum Gasteiger partial charge on any atom is 0.417 e. The third kappa shape index (κ3) is 4.39.